The summed E-state index contributed by atoms with van der Waals surface area (Å²) in [6.45, 7) is 6.23. The number of rotatable bonds is 3. The van der Waals surface area contributed by atoms with Crippen molar-refractivity contribution in [2.24, 2.45) is 0 Å². The maximum absolute atomic E-state index is 5.36. The molecule has 1 heterocycles. The Kier molecular flexibility index (Phi) is 3.52. The van der Waals surface area contributed by atoms with Crippen LogP contribution in [-0.4, -0.2) is 11.6 Å². The van der Waals surface area contributed by atoms with Crippen molar-refractivity contribution in [1.82, 2.24) is 4.98 Å². The van der Waals surface area contributed by atoms with Crippen molar-refractivity contribution in [1.29, 1.82) is 0 Å². The predicted octanol–water partition coefficient (Wildman–Crippen LogP) is 2.64. The maximum Gasteiger partial charge on any atom is 0.138 e. The highest BCUT2D eigenvalue weighted by molar-refractivity contribution is 14.1. The van der Waals surface area contributed by atoms with E-state index in [-0.39, 0.29) is 0 Å². The summed E-state index contributed by atoms with van der Waals surface area (Å²) in [4.78, 5) is 4.09. The minimum absolute atomic E-state index is 0.558. The third kappa shape index (κ3) is 3.21. The van der Waals surface area contributed by atoms with Crippen molar-refractivity contribution >= 4 is 22.6 Å². The molecule has 0 spiro atoms. The Morgan fingerprint density at radius 3 is 2.92 bits per heavy atom. The Morgan fingerprint density at radius 2 is 2.42 bits per heavy atom. The van der Waals surface area contributed by atoms with Crippen molar-refractivity contribution in [2.45, 2.75) is 6.92 Å². The van der Waals surface area contributed by atoms with Crippen LogP contribution in [0.1, 0.15) is 6.92 Å². The summed E-state index contributed by atoms with van der Waals surface area (Å²) in [5, 5.41) is 0. The van der Waals surface area contributed by atoms with Crippen LogP contribution < -0.4 is 4.74 Å². The van der Waals surface area contributed by atoms with Gasteiger partial charge in [-0.15, -0.1) is 0 Å². The van der Waals surface area contributed by atoms with Crippen LogP contribution in [0.4, 0.5) is 0 Å². The van der Waals surface area contributed by atoms with Crippen molar-refractivity contribution in [2.75, 3.05) is 6.61 Å². The van der Waals surface area contributed by atoms with Crippen LogP contribution in [0.15, 0.2) is 30.5 Å². The molecule has 0 bridgehead atoms. The van der Waals surface area contributed by atoms with Gasteiger partial charge in [-0.1, -0.05) is 6.58 Å². The second kappa shape index (κ2) is 4.45. The van der Waals surface area contributed by atoms with E-state index in [0.717, 1.165) is 15.0 Å². The molecule has 1 aromatic heterocycles. The predicted molar refractivity (Wildman–Crippen MR) is 57.3 cm³/mol. The van der Waals surface area contributed by atoms with Gasteiger partial charge < -0.3 is 4.74 Å². The molecule has 2 nitrogen and oxygen atoms in total. The van der Waals surface area contributed by atoms with Gasteiger partial charge in [0.15, 0.2) is 0 Å². The average Bonchev–Trinajstić information content (AvgIpc) is 2.03. The molecular weight excluding hydrogens is 265 g/mol. The molecule has 1 rings (SSSR count). The highest BCUT2D eigenvalue weighted by atomic mass is 127. The summed E-state index contributed by atoms with van der Waals surface area (Å²) in [7, 11) is 0. The standard InChI is InChI=1S/C9H10INO/c1-7(2)6-12-8-3-4-9(10)11-5-8/h3-5H,1,6H2,2H3. The van der Waals surface area contributed by atoms with Crippen molar-refractivity contribution in [3.05, 3.63) is 34.2 Å². The van der Waals surface area contributed by atoms with E-state index in [1.54, 1.807) is 6.20 Å². The molecule has 64 valence electrons. The molecular formula is C9H10INO. The van der Waals surface area contributed by atoms with Crippen molar-refractivity contribution < 1.29 is 4.74 Å². The molecule has 0 aliphatic rings. The monoisotopic (exact) mass is 275 g/mol. The lowest BCUT2D eigenvalue weighted by Crippen LogP contribution is -1.97. The van der Waals surface area contributed by atoms with Crippen LogP contribution in [0.25, 0.3) is 0 Å². The second-order valence-electron chi connectivity index (χ2n) is 2.56. The molecule has 0 saturated carbocycles. The van der Waals surface area contributed by atoms with Crippen LogP contribution in [0.2, 0.25) is 0 Å². The number of nitrogens with zero attached hydrogens (tertiary/aromatic N) is 1. The first-order chi connectivity index (χ1) is 5.68. The SMILES string of the molecule is C=C(C)COc1ccc(I)nc1. The molecule has 0 aliphatic carbocycles. The van der Waals surface area contributed by atoms with Gasteiger partial charge in [0, 0.05) is 0 Å². The zero-order valence-corrected chi connectivity index (χ0v) is 9.04. The van der Waals surface area contributed by atoms with E-state index in [1.165, 1.54) is 0 Å². The molecule has 0 fully saturated rings. The lowest BCUT2D eigenvalue weighted by atomic mass is 10.4. The van der Waals surface area contributed by atoms with E-state index in [0.29, 0.717) is 6.61 Å². The van der Waals surface area contributed by atoms with Crippen molar-refractivity contribution in [3.63, 3.8) is 0 Å². The Morgan fingerprint density at radius 1 is 1.67 bits per heavy atom. The molecule has 0 atom stereocenters. The molecule has 0 N–H and O–H groups in total. The minimum atomic E-state index is 0.558. The molecule has 1 aromatic rings. The van der Waals surface area contributed by atoms with Crippen LogP contribution >= 0.6 is 22.6 Å². The highest BCUT2D eigenvalue weighted by Gasteiger charge is 1.93. The Bertz CT molecular complexity index is 268. The highest BCUT2D eigenvalue weighted by Crippen LogP contribution is 2.10. The Labute approximate surface area is 85.8 Å². The molecule has 0 aliphatic heterocycles. The lowest BCUT2D eigenvalue weighted by molar-refractivity contribution is 0.351. The van der Waals surface area contributed by atoms with E-state index in [2.05, 4.69) is 34.2 Å². The largest absolute Gasteiger partial charge is 0.488 e. The molecule has 12 heavy (non-hydrogen) atoms. The molecule has 3 heteroatoms. The van der Waals surface area contributed by atoms with Crippen molar-refractivity contribution in [3.8, 4) is 5.75 Å². The van der Waals surface area contributed by atoms with Gasteiger partial charge in [-0.05, 0) is 47.2 Å². The third-order valence-electron chi connectivity index (χ3n) is 1.19. The summed E-state index contributed by atoms with van der Waals surface area (Å²) in [6.07, 6.45) is 1.71. The first kappa shape index (κ1) is 9.51. The van der Waals surface area contributed by atoms with E-state index >= 15 is 0 Å². The van der Waals surface area contributed by atoms with Crippen LogP contribution in [0.5, 0.6) is 5.75 Å². The molecule has 0 radical (unpaired) electrons. The topological polar surface area (TPSA) is 22.1 Å². The molecule has 0 aromatic carbocycles. The summed E-state index contributed by atoms with van der Waals surface area (Å²) in [5.74, 6) is 0.790. The summed E-state index contributed by atoms with van der Waals surface area (Å²) >= 11 is 2.15. The number of ether oxygens (including phenoxy) is 1. The van der Waals surface area contributed by atoms with Gasteiger partial charge >= 0.3 is 0 Å². The number of aromatic nitrogens is 1. The van der Waals surface area contributed by atoms with Gasteiger partial charge in [-0.25, -0.2) is 4.98 Å². The summed E-state index contributed by atoms with van der Waals surface area (Å²) in [6, 6.07) is 3.81. The lowest BCUT2D eigenvalue weighted by Gasteiger charge is -2.03. The first-order valence-corrected chi connectivity index (χ1v) is 4.65. The Balaban J connectivity index is 2.53. The van der Waals surface area contributed by atoms with Gasteiger partial charge in [0.1, 0.15) is 16.1 Å². The zero-order valence-electron chi connectivity index (χ0n) is 6.88. The fraction of sp³-hybridized carbons (Fsp3) is 0.222. The van der Waals surface area contributed by atoms with Crippen LogP contribution in [-0.2, 0) is 0 Å². The van der Waals surface area contributed by atoms with Gasteiger partial charge in [0.2, 0.25) is 0 Å². The van der Waals surface area contributed by atoms with E-state index in [1.807, 2.05) is 19.1 Å². The second-order valence-corrected chi connectivity index (χ2v) is 3.67. The number of halogens is 1. The minimum Gasteiger partial charge on any atom is -0.488 e. The smallest absolute Gasteiger partial charge is 0.138 e. The fourth-order valence-electron chi connectivity index (χ4n) is 0.654. The Hall–Kier alpha value is -0.580. The number of pyridine rings is 1. The molecule has 0 saturated heterocycles. The molecule has 0 unspecified atom stereocenters. The summed E-state index contributed by atoms with van der Waals surface area (Å²) in [5.41, 5.74) is 1.01. The number of hydrogen-bond acceptors (Lipinski definition) is 2. The first-order valence-electron chi connectivity index (χ1n) is 3.57. The van der Waals surface area contributed by atoms with Gasteiger partial charge in [-0.3, -0.25) is 0 Å². The third-order valence-corrected chi connectivity index (χ3v) is 1.82. The number of hydrogen-bond donors (Lipinski definition) is 0. The average molecular weight is 275 g/mol. The summed E-state index contributed by atoms with van der Waals surface area (Å²) < 4.78 is 6.32. The molecule has 0 amide bonds. The normalized spacial score (nSPS) is 9.50. The maximum atomic E-state index is 5.36. The van der Waals surface area contributed by atoms with E-state index < -0.39 is 0 Å². The van der Waals surface area contributed by atoms with Crippen LogP contribution in [0, 0.1) is 3.70 Å². The zero-order chi connectivity index (χ0) is 8.97. The van der Waals surface area contributed by atoms with Crippen LogP contribution in [0.3, 0.4) is 0 Å². The van der Waals surface area contributed by atoms with Gasteiger partial charge in [0.05, 0.1) is 6.20 Å². The van der Waals surface area contributed by atoms with E-state index in [9.17, 15) is 0 Å². The van der Waals surface area contributed by atoms with E-state index in [4.69, 9.17) is 4.74 Å². The van der Waals surface area contributed by atoms with Gasteiger partial charge in [0.25, 0.3) is 0 Å². The fourth-order valence-corrected chi connectivity index (χ4v) is 0.973. The quantitative estimate of drug-likeness (QED) is 0.480. The van der Waals surface area contributed by atoms with Gasteiger partial charge in [-0.2, -0.15) is 0 Å².